The summed E-state index contributed by atoms with van der Waals surface area (Å²) in [4.78, 5) is 12.7. The van der Waals surface area contributed by atoms with E-state index in [1.807, 2.05) is 46.8 Å². The molecule has 0 spiro atoms. The number of nitrogens with one attached hydrogen (secondary N) is 1. The van der Waals surface area contributed by atoms with E-state index in [4.69, 9.17) is 0 Å². The van der Waals surface area contributed by atoms with E-state index in [0.717, 1.165) is 11.1 Å². The van der Waals surface area contributed by atoms with Crippen LogP contribution in [0.3, 0.4) is 0 Å². The van der Waals surface area contributed by atoms with Crippen molar-refractivity contribution in [2.45, 2.75) is 45.6 Å². The number of amides is 1. The molecule has 2 aromatic carbocycles. The van der Waals surface area contributed by atoms with E-state index < -0.39 is 10.0 Å². The van der Waals surface area contributed by atoms with E-state index in [2.05, 4.69) is 5.32 Å². The summed E-state index contributed by atoms with van der Waals surface area (Å²) in [5, 5.41) is 2.88. The SMILES string of the molecule is Cc1ccc(N(CC(=O)N[C@@H](C)C(C)C)S(=O)(=O)c2ccc(C)cc2)cc1. The molecule has 0 bridgehead atoms. The van der Waals surface area contributed by atoms with Gasteiger partial charge in [-0.2, -0.15) is 0 Å². The van der Waals surface area contributed by atoms with Gasteiger partial charge >= 0.3 is 0 Å². The molecule has 0 aliphatic carbocycles. The molecule has 1 atom stereocenters. The van der Waals surface area contributed by atoms with Gasteiger partial charge in [-0.1, -0.05) is 49.2 Å². The molecule has 1 N–H and O–H groups in total. The molecule has 0 saturated carbocycles. The van der Waals surface area contributed by atoms with Crippen molar-refractivity contribution < 1.29 is 13.2 Å². The van der Waals surface area contributed by atoms with Crippen LogP contribution < -0.4 is 9.62 Å². The molecule has 2 aromatic rings. The van der Waals surface area contributed by atoms with Crippen molar-refractivity contribution in [3.8, 4) is 0 Å². The van der Waals surface area contributed by atoms with Gasteiger partial charge in [-0.15, -0.1) is 0 Å². The Balaban J connectivity index is 2.39. The number of anilines is 1. The van der Waals surface area contributed by atoms with E-state index in [0.29, 0.717) is 5.69 Å². The molecule has 27 heavy (non-hydrogen) atoms. The molecule has 0 radical (unpaired) electrons. The standard InChI is InChI=1S/C21H28N2O3S/c1-15(2)18(5)22-21(24)14-23(19-10-6-16(3)7-11-19)27(25,26)20-12-8-17(4)9-13-20/h6-13,15,18H,14H2,1-5H3,(H,22,24)/t18-/m0/s1. The fraction of sp³-hybridized carbons (Fsp3) is 0.381. The Bertz CT molecular complexity index is 873. The molecule has 0 aromatic heterocycles. The van der Waals surface area contributed by atoms with Crippen molar-refractivity contribution >= 4 is 21.6 Å². The molecule has 0 unspecified atom stereocenters. The summed E-state index contributed by atoms with van der Waals surface area (Å²) < 4.78 is 27.6. The topological polar surface area (TPSA) is 66.5 Å². The van der Waals surface area contributed by atoms with Crippen LogP contribution in [-0.2, 0) is 14.8 Å². The van der Waals surface area contributed by atoms with Crippen LogP contribution >= 0.6 is 0 Å². The second kappa shape index (κ2) is 8.57. The lowest BCUT2D eigenvalue weighted by molar-refractivity contribution is -0.120. The van der Waals surface area contributed by atoms with Gasteiger partial charge in [0.2, 0.25) is 5.91 Å². The van der Waals surface area contributed by atoms with Crippen LogP contribution in [0.5, 0.6) is 0 Å². The highest BCUT2D eigenvalue weighted by Gasteiger charge is 2.27. The van der Waals surface area contributed by atoms with Crippen molar-refractivity contribution in [1.82, 2.24) is 5.32 Å². The van der Waals surface area contributed by atoms with Gasteiger partial charge in [-0.3, -0.25) is 9.10 Å². The van der Waals surface area contributed by atoms with Crippen LogP contribution in [0.4, 0.5) is 5.69 Å². The highest BCUT2D eigenvalue weighted by Crippen LogP contribution is 2.24. The minimum absolute atomic E-state index is 0.0422. The lowest BCUT2D eigenvalue weighted by Gasteiger charge is -2.26. The Morgan fingerprint density at radius 3 is 1.89 bits per heavy atom. The first-order chi connectivity index (χ1) is 12.6. The Kier molecular flexibility index (Phi) is 6.65. The maximum Gasteiger partial charge on any atom is 0.264 e. The largest absolute Gasteiger partial charge is 0.352 e. The van der Waals surface area contributed by atoms with E-state index in [-0.39, 0.29) is 29.3 Å². The van der Waals surface area contributed by atoms with Gasteiger partial charge in [0.25, 0.3) is 10.0 Å². The average Bonchev–Trinajstić information content (AvgIpc) is 2.60. The van der Waals surface area contributed by atoms with Gasteiger partial charge < -0.3 is 5.32 Å². The highest BCUT2D eigenvalue weighted by atomic mass is 32.2. The predicted octanol–water partition coefficient (Wildman–Crippen LogP) is 3.66. The zero-order valence-electron chi connectivity index (χ0n) is 16.6. The summed E-state index contributed by atoms with van der Waals surface area (Å²) in [6, 6.07) is 13.7. The van der Waals surface area contributed by atoms with Crippen LogP contribution in [-0.4, -0.2) is 26.9 Å². The normalized spacial score (nSPS) is 12.7. The predicted molar refractivity (Wildman–Crippen MR) is 109 cm³/mol. The molecule has 6 heteroatoms. The molecule has 2 rings (SSSR count). The Labute approximate surface area is 162 Å². The van der Waals surface area contributed by atoms with Crippen LogP contribution in [0, 0.1) is 19.8 Å². The molecule has 1 amide bonds. The fourth-order valence-electron chi connectivity index (χ4n) is 2.46. The first-order valence-corrected chi connectivity index (χ1v) is 10.5. The van der Waals surface area contributed by atoms with Crippen molar-refractivity contribution in [3.05, 3.63) is 59.7 Å². The van der Waals surface area contributed by atoms with Gasteiger partial charge in [0.1, 0.15) is 6.54 Å². The molecule has 0 fully saturated rings. The number of nitrogens with zero attached hydrogens (tertiary/aromatic N) is 1. The molecule has 0 aliphatic rings. The number of carbonyl (C=O) groups is 1. The van der Waals surface area contributed by atoms with Crippen LogP contribution in [0.1, 0.15) is 31.9 Å². The Hall–Kier alpha value is -2.34. The third kappa shape index (κ3) is 5.32. The van der Waals surface area contributed by atoms with Crippen LogP contribution in [0.25, 0.3) is 0 Å². The third-order valence-electron chi connectivity index (χ3n) is 4.61. The summed E-state index contributed by atoms with van der Waals surface area (Å²) in [6.07, 6.45) is 0. The monoisotopic (exact) mass is 388 g/mol. The maximum absolute atomic E-state index is 13.2. The van der Waals surface area contributed by atoms with Crippen LogP contribution in [0.15, 0.2) is 53.4 Å². The lowest BCUT2D eigenvalue weighted by Crippen LogP contribution is -2.45. The maximum atomic E-state index is 13.2. The first kappa shape index (κ1) is 21.0. The molecule has 146 valence electrons. The second-order valence-electron chi connectivity index (χ2n) is 7.26. The summed E-state index contributed by atoms with van der Waals surface area (Å²) in [6.45, 7) is 9.48. The smallest absolute Gasteiger partial charge is 0.264 e. The van der Waals surface area contributed by atoms with Crippen molar-refractivity contribution in [1.29, 1.82) is 0 Å². The Morgan fingerprint density at radius 2 is 1.41 bits per heavy atom. The van der Waals surface area contributed by atoms with Crippen LogP contribution in [0.2, 0.25) is 0 Å². The average molecular weight is 389 g/mol. The summed E-state index contributed by atoms with van der Waals surface area (Å²) >= 11 is 0. The number of aryl methyl sites for hydroxylation is 2. The number of sulfonamides is 1. The van der Waals surface area contributed by atoms with Gasteiger partial charge in [-0.25, -0.2) is 8.42 Å². The number of benzene rings is 2. The van der Waals surface area contributed by atoms with Crippen molar-refractivity contribution in [2.75, 3.05) is 10.8 Å². The molecule has 5 nitrogen and oxygen atoms in total. The van der Waals surface area contributed by atoms with Crippen molar-refractivity contribution in [2.24, 2.45) is 5.92 Å². The zero-order valence-corrected chi connectivity index (χ0v) is 17.4. The van der Waals surface area contributed by atoms with Gasteiger partial charge in [-0.05, 0) is 51.0 Å². The highest BCUT2D eigenvalue weighted by molar-refractivity contribution is 7.92. The minimum Gasteiger partial charge on any atom is -0.352 e. The summed E-state index contributed by atoms with van der Waals surface area (Å²) in [7, 11) is -3.86. The van der Waals surface area contributed by atoms with E-state index in [1.54, 1.807) is 36.4 Å². The third-order valence-corrected chi connectivity index (χ3v) is 6.39. The fourth-order valence-corrected chi connectivity index (χ4v) is 3.88. The van der Waals surface area contributed by atoms with Crippen molar-refractivity contribution in [3.63, 3.8) is 0 Å². The quantitative estimate of drug-likeness (QED) is 0.787. The van der Waals surface area contributed by atoms with E-state index in [9.17, 15) is 13.2 Å². The van der Waals surface area contributed by atoms with Gasteiger partial charge in [0.15, 0.2) is 0 Å². The lowest BCUT2D eigenvalue weighted by atomic mass is 10.1. The molecular formula is C21H28N2O3S. The number of hydrogen-bond acceptors (Lipinski definition) is 3. The molecular weight excluding hydrogens is 360 g/mol. The first-order valence-electron chi connectivity index (χ1n) is 9.06. The minimum atomic E-state index is -3.86. The number of rotatable bonds is 7. The summed E-state index contributed by atoms with van der Waals surface area (Å²) in [5.41, 5.74) is 2.46. The molecule has 0 heterocycles. The number of hydrogen-bond donors (Lipinski definition) is 1. The second-order valence-corrected chi connectivity index (χ2v) is 9.12. The van der Waals surface area contributed by atoms with Gasteiger partial charge in [0.05, 0.1) is 10.6 Å². The van der Waals surface area contributed by atoms with E-state index >= 15 is 0 Å². The summed E-state index contributed by atoms with van der Waals surface area (Å²) in [5.74, 6) is -0.0667. The number of carbonyl (C=O) groups excluding carboxylic acids is 1. The Morgan fingerprint density at radius 1 is 0.926 bits per heavy atom. The van der Waals surface area contributed by atoms with E-state index in [1.165, 1.54) is 4.31 Å². The molecule has 0 saturated heterocycles. The van der Waals surface area contributed by atoms with Gasteiger partial charge in [0, 0.05) is 6.04 Å². The zero-order chi connectivity index (χ0) is 20.2. The molecule has 0 aliphatic heterocycles.